The highest BCUT2D eigenvalue weighted by Gasteiger charge is 2.54. The number of aromatic amines is 1. The third-order valence-corrected chi connectivity index (χ3v) is 8.38. The number of pyridine rings is 1. The number of nitrogens with one attached hydrogen (secondary N) is 1. The molecule has 0 bridgehead atoms. The van der Waals surface area contributed by atoms with E-state index in [1.165, 1.54) is 0 Å². The summed E-state index contributed by atoms with van der Waals surface area (Å²) >= 11 is 0. The van der Waals surface area contributed by atoms with Crippen LogP contribution in [0.25, 0.3) is 10.9 Å². The minimum atomic E-state index is -1.44. The molecule has 0 radical (unpaired) electrons. The van der Waals surface area contributed by atoms with Gasteiger partial charge in [0.05, 0.1) is 11.2 Å². The van der Waals surface area contributed by atoms with Crippen molar-refractivity contribution in [3.63, 3.8) is 0 Å². The minimum Gasteiger partial charge on any atom is -0.489 e. The average Bonchev–Trinajstić information content (AvgIpc) is 3.52. The first-order valence-electron chi connectivity index (χ1n) is 14.3. The number of fused-ring (bicyclic) bond motifs is 2. The van der Waals surface area contributed by atoms with E-state index >= 15 is 0 Å². The van der Waals surface area contributed by atoms with Crippen LogP contribution >= 0.6 is 0 Å². The fraction of sp³-hybridized carbons (Fsp3) is 0.135. The number of rotatable bonds is 8. The van der Waals surface area contributed by atoms with Gasteiger partial charge >= 0.3 is 0 Å². The number of Topliss-reactive ketones (excluding diaryl/α,β-unsaturated/α-hetero) is 2. The second kappa shape index (κ2) is 10.8. The largest absolute Gasteiger partial charge is 0.489 e. The summed E-state index contributed by atoms with van der Waals surface area (Å²) in [6, 6.07) is 33.0. The van der Waals surface area contributed by atoms with Crippen molar-refractivity contribution >= 4 is 22.5 Å². The number of H-pyrrole nitrogens is 1. The minimum absolute atomic E-state index is 0.208. The van der Waals surface area contributed by atoms with Crippen LogP contribution in [0.15, 0.2) is 116 Å². The van der Waals surface area contributed by atoms with Crippen LogP contribution in [0.3, 0.4) is 0 Å². The Morgan fingerprint density at radius 1 is 0.744 bits per heavy atom. The molecular formula is C37H29N3O3. The Bertz CT molecular complexity index is 1970. The van der Waals surface area contributed by atoms with Crippen molar-refractivity contribution < 1.29 is 14.3 Å². The van der Waals surface area contributed by atoms with Crippen LogP contribution in [0.1, 0.15) is 54.2 Å². The topological polar surface area (TPSA) is 84.9 Å². The molecule has 4 aromatic carbocycles. The van der Waals surface area contributed by atoms with Gasteiger partial charge in [-0.15, -0.1) is 0 Å². The molecule has 7 rings (SSSR count). The van der Waals surface area contributed by atoms with Crippen molar-refractivity contribution in [3.05, 3.63) is 160 Å². The van der Waals surface area contributed by atoms with Crippen molar-refractivity contribution in [2.45, 2.75) is 31.8 Å². The van der Waals surface area contributed by atoms with Crippen LogP contribution in [0.2, 0.25) is 0 Å². The second-order valence-electron chi connectivity index (χ2n) is 11.1. The summed E-state index contributed by atoms with van der Waals surface area (Å²) < 4.78 is 6.05. The Kier molecular flexibility index (Phi) is 6.67. The van der Waals surface area contributed by atoms with E-state index < -0.39 is 5.41 Å². The molecule has 1 aliphatic carbocycles. The molecule has 6 nitrogen and oxygen atoms in total. The van der Waals surface area contributed by atoms with Gasteiger partial charge in [-0.1, -0.05) is 66.7 Å². The van der Waals surface area contributed by atoms with E-state index in [1.54, 1.807) is 30.6 Å². The number of ether oxygens (including phenoxy) is 1. The number of aryl methyl sites for hydroxylation is 1. The Morgan fingerprint density at radius 3 is 2.19 bits per heavy atom. The molecule has 0 aliphatic heterocycles. The summed E-state index contributed by atoms with van der Waals surface area (Å²) in [7, 11) is 0. The first-order chi connectivity index (χ1) is 21.0. The quantitative estimate of drug-likeness (QED) is 0.202. The molecule has 0 saturated heterocycles. The van der Waals surface area contributed by atoms with Gasteiger partial charge in [-0.2, -0.15) is 5.10 Å². The molecule has 0 saturated carbocycles. The van der Waals surface area contributed by atoms with Crippen LogP contribution in [0.4, 0.5) is 0 Å². The molecular weight excluding hydrogens is 534 g/mol. The van der Waals surface area contributed by atoms with Crippen LogP contribution in [0, 0.1) is 6.92 Å². The van der Waals surface area contributed by atoms with Crippen LogP contribution in [-0.2, 0) is 24.9 Å². The third kappa shape index (κ3) is 4.71. The fourth-order valence-corrected chi connectivity index (χ4v) is 6.25. The maximum Gasteiger partial charge on any atom is 0.182 e. The highest BCUT2D eigenvalue weighted by molar-refractivity contribution is 6.33. The predicted molar refractivity (Wildman–Crippen MR) is 166 cm³/mol. The Balaban J connectivity index is 1.35. The standard InChI is InChI=1S/C37H29N3O3/c1-24-34-28(18-25-8-4-2-5-9-25)19-29(20-33(34)40-39-24)37(22-26-14-16-38-17-15-26)35(41)31-13-12-30(21-32(31)36(37)42)43-23-27-10-6-3-7-11-27/h2-17,19-21H,18,22-23H2,1H3,(H,39,40). The zero-order chi connectivity index (χ0) is 29.4. The number of ketones is 2. The smallest absolute Gasteiger partial charge is 0.182 e. The molecule has 6 aromatic rings. The summed E-state index contributed by atoms with van der Waals surface area (Å²) in [6.07, 6.45) is 4.24. The molecule has 1 unspecified atom stereocenters. The first-order valence-corrected chi connectivity index (χ1v) is 14.3. The summed E-state index contributed by atoms with van der Waals surface area (Å²) in [5.41, 5.74) is 5.72. The van der Waals surface area contributed by atoms with Gasteiger partial charge in [0.25, 0.3) is 0 Å². The molecule has 1 atom stereocenters. The van der Waals surface area contributed by atoms with E-state index in [0.29, 0.717) is 35.5 Å². The monoisotopic (exact) mass is 563 g/mol. The van der Waals surface area contributed by atoms with Gasteiger partial charge in [-0.25, -0.2) is 0 Å². The van der Waals surface area contributed by atoms with Crippen molar-refractivity contribution in [1.82, 2.24) is 15.2 Å². The molecule has 2 heterocycles. The van der Waals surface area contributed by atoms with Crippen molar-refractivity contribution in [1.29, 1.82) is 0 Å². The van der Waals surface area contributed by atoms with Crippen LogP contribution in [0.5, 0.6) is 5.75 Å². The lowest BCUT2D eigenvalue weighted by atomic mass is 9.71. The lowest BCUT2D eigenvalue weighted by Crippen LogP contribution is -2.41. The van der Waals surface area contributed by atoms with E-state index in [4.69, 9.17) is 4.74 Å². The van der Waals surface area contributed by atoms with Gasteiger partial charge < -0.3 is 4.74 Å². The zero-order valence-corrected chi connectivity index (χ0v) is 23.7. The number of aromatic nitrogens is 3. The fourth-order valence-electron chi connectivity index (χ4n) is 6.25. The van der Waals surface area contributed by atoms with E-state index in [-0.39, 0.29) is 18.0 Å². The van der Waals surface area contributed by atoms with E-state index in [1.807, 2.05) is 79.7 Å². The van der Waals surface area contributed by atoms with Gasteiger partial charge in [-0.3, -0.25) is 19.7 Å². The number of hydrogen-bond acceptors (Lipinski definition) is 5. The third-order valence-electron chi connectivity index (χ3n) is 8.38. The molecule has 1 N–H and O–H groups in total. The molecule has 0 spiro atoms. The number of benzene rings is 4. The van der Waals surface area contributed by atoms with Gasteiger partial charge in [-0.05, 0) is 84.0 Å². The Morgan fingerprint density at radius 2 is 1.44 bits per heavy atom. The SMILES string of the molecule is Cc1n[nH]c2cc(C3(Cc4ccncc4)C(=O)c4ccc(OCc5ccccc5)cc4C3=O)cc(Cc3ccccc3)c12. The van der Waals surface area contributed by atoms with Crippen LogP contribution < -0.4 is 4.74 Å². The first kappa shape index (κ1) is 26.5. The molecule has 0 fully saturated rings. The lowest BCUT2D eigenvalue weighted by Gasteiger charge is -2.27. The number of carbonyl (C=O) groups is 2. The van der Waals surface area contributed by atoms with Crippen LogP contribution in [-0.4, -0.2) is 26.7 Å². The lowest BCUT2D eigenvalue weighted by molar-refractivity contribution is 0.0793. The number of nitrogens with zero attached hydrogens (tertiary/aromatic N) is 2. The van der Waals surface area contributed by atoms with Gasteiger partial charge in [0, 0.05) is 28.9 Å². The van der Waals surface area contributed by atoms with Gasteiger partial charge in [0.1, 0.15) is 17.8 Å². The summed E-state index contributed by atoms with van der Waals surface area (Å²) in [5, 5.41) is 8.65. The molecule has 1 aliphatic rings. The summed E-state index contributed by atoms with van der Waals surface area (Å²) in [4.78, 5) is 33.3. The van der Waals surface area contributed by atoms with E-state index in [0.717, 1.165) is 38.9 Å². The van der Waals surface area contributed by atoms with Crippen molar-refractivity contribution in [3.8, 4) is 5.75 Å². The second-order valence-corrected chi connectivity index (χ2v) is 11.1. The maximum atomic E-state index is 14.7. The molecule has 0 amide bonds. The molecule has 43 heavy (non-hydrogen) atoms. The van der Waals surface area contributed by atoms with Gasteiger partial charge in [0.2, 0.25) is 0 Å². The average molecular weight is 564 g/mol. The Labute approximate surface area is 249 Å². The highest BCUT2D eigenvalue weighted by atomic mass is 16.5. The van der Waals surface area contributed by atoms with Crippen molar-refractivity contribution in [2.75, 3.05) is 0 Å². The highest BCUT2D eigenvalue weighted by Crippen LogP contribution is 2.45. The normalized spacial score (nSPS) is 16.0. The predicted octanol–water partition coefficient (Wildman–Crippen LogP) is 7.00. The summed E-state index contributed by atoms with van der Waals surface area (Å²) in [6.45, 7) is 2.33. The molecule has 6 heteroatoms. The molecule has 2 aromatic heterocycles. The van der Waals surface area contributed by atoms with Gasteiger partial charge in [0.15, 0.2) is 11.6 Å². The maximum absolute atomic E-state index is 14.7. The summed E-state index contributed by atoms with van der Waals surface area (Å²) in [5.74, 6) is 0.115. The Hall–Kier alpha value is -5.36. The number of carbonyl (C=O) groups excluding carboxylic acids is 2. The zero-order valence-electron chi connectivity index (χ0n) is 23.7. The van der Waals surface area contributed by atoms with E-state index in [2.05, 4.69) is 27.3 Å². The number of hydrogen-bond donors (Lipinski definition) is 1. The van der Waals surface area contributed by atoms with E-state index in [9.17, 15) is 9.59 Å². The van der Waals surface area contributed by atoms with Crippen molar-refractivity contribution in [2.24, 2.45) is 0 Å². The molecule has 210 valence electrons.